The molecule has 1 aliphatic heterocycles. The van der Waals surface area contributed by atoms with Crippen molar-refractivity contribution in [1.82, 2.24) is 5.32 Å². The summed E-state index contributed by atoms with van der Waals surface area (Å²) >= 11 is 1.51. The van der Waals surface area contributed by atoms with Crippen LogP contribution in [0.15, 0.2) is 10.8 Å². The van der Waals surface area contributed by atoms with Crippen LogP contribution < -0.4 is 14.8 Å². The highest BCUT2D eigenvalue weighted by atomic mass is 32.2. The number of fused-ring (bicyclic) bond motifs is 1. The Morgan fingerprint density at radius 2 is 2.24 bits per heavy atom. The van der Waals surface area contributed by atoms with Crippen LogP contribution in [-0.2, 0) is 10.1 Å². The molecule has 1 aliphatic rings. The van der Waals surface area contributed by atoms with Gasteiger partial charge in [-0.3, -0.25) is 4.55 Å². The minimum Gasteiger partial charge on any atom is -0.485 e. The molecule has 17 heavy (non-hydrogen) atoms. The monoisotopic (exact) mass is 279 g/mol. The third kappa shape index (κ3) is 3.84. The van der Waals surface area contributed by atoms with E-state index in [1.54, 1.807) is 0 Å². The summed E-state index contributed by atoms with van der Waals surface area (Å²) in [5, 5.41) is 6.63. The quantitative estimate of drug-likeness (QED) is 0.598. The fourth-order valence-corrected chi connectivity index (χ4v) is 2.50. The summed E-state index contributed by atoms with van der Waals surface area (Å²) in [6, 6.07) is 0. The Balaban J connectivity index is 1.72. The van der Waals surface area contributed by atoms with Gasteiger partial charge in [0.25, 0.3) is 10.1 Å². The van der Waals surface area contributed by atoms with Gasteiger partial charge in [-0.25, -0.2) is 0 Å². The van der Waals surface area contributed by atoms with Gasteiger partial charge < -0.3 is 14.8 Å². The van der Waals surface area contributed by atoms with E-state index in [-0.39, 0.29) is 18.4 Å². The maximum atomic E-state index is 10.5. The van der Waals surface area contributed by atoms with E-state index in [0.29, 0.717) is 13.2 Å². The Morgan fingerprint density at radius 3 is 3.00 bits per heavy atom. The summed E-state index contributed by atoms with van der Waals surface area (Å²) in [7, 11) is -3.90. The minimum absolute atomic E-state index is 0.140. The van der Waals surface area contributed by atoms with Crippen LogP contribution >= 0.6 is 11.3 Å². The van der Waals surface area contributed by atoms with Crippen molar-refractivity contribution in [2.24, 2.45) is 0 Å². The van der Waals surface area contributed by atoms with Crippen LogP contribution in [0.1, 0.15) is 0 Å². The lowest BCUT2D eigenvalue weighted by Crippen LogP contribution is -2.39. The molecule has 2 heterocycles. The van der Waals surface area contributed by atoms with Gasteiger partial charge in [0, 0.05) is 23.8 Å². The predicted molar refractivity (Wildman–Crippen MR) is 63.5 cm³/mol. The zero-order chi connectivity index (χ0) is 12.3. The first-order chi connectivity index (χ1) is 8.04. The van der Waals surface area contributed by atoms with Crippen molar-refractivity contribution in [3.8, 4) is 11.5 Å². The highest BCUT2D eigenvalue weighted by Crippen LogP contribution is 2.34. The molecule has 0 spiro atoms. The lowest BCUT2D eigenvalue weighted by Gasteiger charge is -2.24. The molecule has 1 atom stereocenters. The zero-order valence-electron chi connectivity index (χ0n) is 8.96. The molecule has 0 aliphatic carbocycles. The molecular weight excluding hydrogens is 266 g/mol. The van der Waals surface area contributed by atoms with Gasteiger partial charge in [0.1, 0.15) is 12.7 Å². The van der Waals surface area contributed by atoms with Crippen molar-refractivity contribution in [3.05, 3.63) is 10.8 Å². The van der Waals surface area contributed by atoms with Gasteiger partial charge in [-0.05, 0) is 0 Å². The number of thiophene rings is 1. The molecule has 0 radical (unpaired) electrons. The highest BCUT2D eigenvalue weighted by molar-refractivity contribution is 7.85. The molecule has 1 unspecified atom stereocenters. The van der Waals surface area contributed by atoms with Gasteiger partial charge in [0.2, 0.25) is 0 Å². The van der Waals surface area contributed by atoms with Gasteiger partial charge in [-0.15, -0.1) is 11.3 Å². The van der Waals surface area contributed by atoms with Gasteiger partial charge in [0.15, 0.2) is 11.5 Å². The maximum absolute atomic E-state index is 10.5. The topological polar surface area (TPSA) is 84.9 Å². The van der Waals surface area contributed by atoms with Crippen LogP contribution in [0.2, 0.25) is 0 Å². The van der Waals surface area contributed by atoms with Crippen LogP contribution in [0, 0.1) is 0 Å². The lowest BCUT2D eigenvalue weighted by molar-refractivity contribution is 0.0923. The largest absolute Gasteiger partial charge is 0.485 e. The van der Waals surface area contributed by atoms with Crippen molar-refractivity contribution in [2.45, 2.75) is 6.10 Å². The van der Waals surface area contributed by atoms with Gasteiger partial charge >= 0.3 is 0 Å². The van der Waals surface area contributed by atoms with E-state index >= 15 is 0 Å². The van der Waals surface area contributed by atoms with Gasteiger partial charge in [-0.1, -0.05) is 0 Å². The second-order valence-electron chi connectivity index (χ2n) is 3.64. The number of hydrogen-bond acceptors (Lipinski definition) is 6. The molecule has 0 amide bonds. The normalized spacial score (nSPS) is 19.2. The summed E-state index contributed by atoms with van der Waals surface area (Å²) in [6.07, 6.45) is -0.140. The fourth-order valence-electron chi connectivity index (χ4n) is 1.43. The highest BCUT2D eigenvalue weighted by Gasteiger charge is 2.21. The molecule has 2 rings (SSSR count). The Labute approximate surface area is 103 Å². The Morgan fingerprint density at radius 1 is 1.47 bits per heavy atom. The van der Waals surface area contributed by atoms with Gasteiger partial charge in [-0.2, -0.15) is 8.42 Å². The Kier molecular flexibility index (Phi) is 3.87. The smallest absolute Gasteiger partial charge is 0.266 e. The molecule has 0 saturated heterocycles. The van der Waals surface area contributed by atoms with E-state index < -0.39 is 10.1 Å². The molecule has 0 fully saturated rings. The minimum atomic E-state index is -3.90. The van der Waals surface area contributed by atoms with E-state index in [1.165, 1.54) is 11.3 Å². The summed E-state index contributed by atoms with van der Waals surface area (Å²) in [6.45, 7) is 1.10. The van der Waals surface area contributed by atoms with Crippen LogP contribution in [0.3, 0.4) is 0 Å². The van der Waals surface area contributed by atoms with E-state index in [2.05, 4.69) is 5.32 Å². The van der Waals surface area contributed by atoms with Crippen molar-refractivity contribution >= 4 is 21.5 Å². The Hall–Kier alpha value is -0.830. The Bertz CT molecular complexity index is 469. The van der Waals surface area contributed by atoms with E-state index in [1.807, 2.05) is 10.8 Å². The van der Waals surface area contributed by atoms with E-state index in [4.69, 9.17) is 14.0 Å². The third-order valence-electron chi connectivity index (χ3n) is 2.22. The van der Waals surface area contributed by atoms with Crippen LogP contribution in [0.5, 0.6) is 11.5 Å². The average Bonchev–Trinajstić information content (AvgIpc) is 2.70. The van der Waals surface area contributed by atoms with Crippen LogP contribution in [0.25, 0.3) is 0 Å². The molecular formula is C9H13NO5S2. The predicted octanol–water partition coefficient (Wildman–Crippen LogP) is 0.365. The molecule has 6 nitrogen and oxygen atoms in total. The van der Waals surface area contributed by atoms with Gasteiger partial charge in [0.05, 0.1) is 5.75 Å². The van der Waals surface area contributed by atoms with Crippen molar-refractivity contribution in [2.75, 3.05) is 25.4 Å². The third-order valence-corrected chi connectivity index (χ3v) is 3.64. The van der Waals surface area contributed by atoms with E-state index in [0.717, 1.165) is 11.5 Å². The molecule has 96 valence electrons. The zero-order valence-corrected chi connectivity index (χ0v) is 10.6. The molecule has 8 heteroatoms. The van der Waals surface area contributed by atoms with Crippen LogP contribution in [-0.4, -0.2) is 44.5 Å². The SMILES string of the molecule is O=S(=O)(O)CCNCC1COc2cscc2O1. The molecule has 0 saturated carbocycles. The van der Waals surface area contributed by atoms with Crippen molar-refractivity contribution in [1.29, 1.82) is 0 Å². The summed E-state index contributed by atoms with van der Waals surface area (Å²) < 4.78 is 40.5. The van der Waals surface area contributed by atoms with Crippen LogP contribution in [0.4, 0.5) is 0 Å². The first-order valence-corrected chi connectivity index (χ1v) is 7.61. The number of ether oxygens (including phenoxy) is 2. The summed E-state index contributed by atoms with van der Waals surface area (Å²) in [5.74, 6) is 1.18. The molecule has 1 aromatic rings. The number of hydrogen-bond donors (Lipinski definition) is 2. The summed E-state index contributed by atoms with van der Waals surface area (Å²) in [4.78, 5) is 0. The molecule has 2 N–H and O–H groups in total. The summed E-state index contributed by atoms with van der Waals surface area (Å²) in [5.41, 5.74) is 0. The van der Waals surface area contributed by atoms with Crippen molar-refractivity contribution < 1.29 is 22.4 Å². The first-order valence-electron chi connectivity index (χ1n) is 5.06. The molecule has 0 aromatic carbocycles. The first kappa shape index (κ1) is 12.6. The van der Waals surface area contributed by atoms with E-state index in [9.17, 15) is 8.42 Å². The number of nitrogens with one attached hydrogen (secondary N) is 1. The number of rotatable bonds is 5. The maximum Gasteiger partial charge on any atom is 0.266 e. The fraction of sp³-hybridized carbons (Fsp3) is 0.556. The average molecular weight is 279 g/mol. The van der Waals surface area contributed by atoms with Crippen molar-refractivity contribution in [3.63, 3.8) is 0 Å². The lowest BCUT2D eigenvalue weighted by atomic mass is 10.3. The molecule has 1 aromatic heterocycles. The second kappa shape index (κ2) is 5.21. The standard InChI is InChI=1S/C9H13NO5S2/c11-17(12,13)2-1-10-3-7-4-14-8-5-16-6-9(8)15-7/h5-7,10H,1-4H2,(H,11,12,13). The molecule has 0 bridgehead atoms. The second-order valence-corrected chi connectivity index (χ2v) is 5.96.